The minimum atomic E-state index is -1.17. The molecular weight excluding hydrogens is 411 g/mol. The van der Waals surface area contributed by atoms with Gasteiger partial charge in [0.1, 0.15) is 0 Å². The molecule has 1 aliphatic heterocycles. The molecule has 154 valence electrons. The average Bonchev–Trinajstić information content (AvgIpc) is 2.65. The number of nitrogens with zero attached hydrogens (tertiary/aromatic N) is 3. The number of nitro benzene ring substituents is 1. The van der Waals surface area contributed by atoms with Crippen LogP contribution in [0.5, 0.6) is 0 Å². The van der Waals surface area contributed by atoms with Crippen LogP contribution in [0, 0.1) is 34.5 Å². The Morgan fingerprint density at radius 2 is 1.79 bits per heavy atom. The molecule has 0 bridgehead atoms. The predicted octanol–water partition coefficient (Wildman–Crippen LogP) is 4.32. The zero-order chi connectivity index (χ0) is 21.5. The van der Waals surface area contributed by atoms with E-state index in [-0.39, 0.29) is 41.6 Å². The van der Waals surface area contributed by atoms with Gasteiger partial charge in [-0.3, -0.25) is 14.9 Å². The van der Waals surface area contributed by atoms with Crippen LogP contribution in [0.3, 0.4) is 0 Å². The number of benzene rings is 2. The number of amides is 1. The number of rotatable bonds is 3. The van der Waals surface area contributed by atoms with Crippen LogP contribution in [0.1, 0.15) is 22.8 Å². The van der Waals surface area contributed by atoms with E-state index in [9.17, 15) is 28.1 Å². The fourth-order valence-electron chi connectivity index (χ4n) is 3.41. The highest BCUT2D eigenvalue weighted by Crippen LogP contribution is 2.30. The second-order valence-electron chi connectivity index (χ2n) is 6.89. The van der Waals surface area contributed by atoms with Crippen LogP contribution in [0.15, 0.2) is 24.3 Å². The van der Waals surface area contributed by atoms with Crippen molar-refractivity contribution in [2.45, 2.75) is 19.9 Å². The monoisotopic (exact) mass is 427 g/mol. The lowest BCUT2D eigenvalue weighted by Crippen LogP contribution is -2.54. The van der Waals surface area contributed by atoms with Crippen molar-refractivity contribution in [2.75, 3.05) is 24.5 Å². The van der Waals surface area contributed by atoms with Crippen molar-refractivity contribution in [3.8, 4) is 0 Å². The first-order valence-corrected chi connectivity index (χ1v) is 9.13. The van der Waals surface area contributed by atoms with Crippen molar-refractivity contribution in [1.29, 1.82) is 0 Å². The summed E-state index contributed by atoms with van der Waals surface area (Å²) in [5, 5.41) is 10.8. The van der Waals surface area contributed by atoms with Gasteiger partial charge in [-0.05, 0) is 32.0 Å². The van der Waals surface area contributed by atoms with Crippen molar-refractivity contribution in [3.63, 3.8) is 0 Å². The number of halogens is 4. The predicted molar refractivity (Wildman–Crippen MR) is 102 cm³/mol. The first-order valence-electron chi connectivity index (χ1n) is 8.75. The van der Waals surface area contributed by atoms with Gasteiger partial charge in [0.25, 0.3) is 11.6 Å². The number of aryl methyl sites for hydroxylation is 1. The maximum Gasteiger partial charge on any atom is 0.275 e. The van der Waals surface area contributed by atoms with Crippen molar-refractivity contribution in [2.24, 2.45) is 0 Å². The molecule has 1 aliphatic rings. The summed E-state index contributed by atoms with van der Waals surface area (Å²) < 4.78 is 41.2. The molecule has 1 atom stereocenters. The van der Waals surface area contributed by atoms with Crippen LogP contribution in [0.4, 0.5) is 24.5 Å². The molecule has 2 aromatic rings. The van der Waals surface area contributed by atoms with E-state index in [0.29, 0.717) is 5.56 Å². The van der Waals surface area contributed by atoms with E-state index in [4.69, 9.17) is 11.6 Å². The normalized spacial score (nSPS) is 16.8. The van der Waals surface area contributed by atoms with Gasteiger partial charge in [-0.2, -0.15) is 0 Å². The Kier molecular flexibility index (Phi) is 5.70. The van der Waals surface area contributed by atoms with Crippen molar-refractivity contribution in [1.82, 2.24) is 4.90 Å². The quantitative estimate of drug-likeness (QED) is 0.415. The lowest BCUT2D eigenvalue weighted by Gasteiger charge is -2.41. The first kappa shape index (κ1) is 20.9. The molecule has 29 heavy (non-hydrogen) atoms. The molecule has 0 radical (unpaired) electrons. The first-order chi connectivity index (χ1) is 13.6. The highest BCUT2D eigenvalue weighted by molar-refractivity contribution is 6.33. The lowest BCUT2D eigenvalue weighted by molar-refractivity contribution is -0.385. The molecule has 0 aromatic heterocycles. The van der Waals surface area contributed by atoms with Crippen LogP contribution >= 0.6 is 11.6 Å². The Morgan fingerprint density at radius 3 is 2.41 bits per heavy atom. The summed E-state index contributed by atoms with van der Waals surface area (Å²) in [7, 11) is 0. The van der Waals surface area contributed by atoms with Crippen molar-refractivity contribution >= 4 is 28.9 Å². The van der Waals surface area contributed by atoms with Crippen molar-refractivity contribution < 1.29 is 22.9 Å². The summed E-state index contributed by atoms with van der Waals surface area (Å²) in [6, 6.07) is 3.41. The zero-order valence-electron chi connectivity index (χ0n) is 15.6. The number of hydrogen-bond acceptors (Lipinski definition) is 4. The maximum absolute atomic E-state index is 14.4. The molecule has 1 fully saturated rings. The fourth-order valence-corrected chi connectivity index (χ4v) is 3.65. The Labute approximate surface area is 169 Å². The van der Waals surface area contributed by atoms with Gasteiger partial charge in [0, 0.05) is 31.2 Å². The smallest absolute Gasteiger partial charge is 0.275 e. The number of carbonyl (C=O) groups excluding carboxylic acids is 1. The fraction of sp³-hybridized carbons (Fsp3) is 0.316. The van der Waals surface area contributed by atoms with E-state index in [1.807, 2.05) is 0 Å². The molecule has 0 unspecified atom stereocenters. The van der Waals surface area contributed by atoms with Gasteiger partial charge in [0.2, 0.25) is 0 Å². The van der Waals surface area contributed by atoms with Gasteiger partial charge in [0.15, 0.2) is 17.5 Å². The highest BCUT2D eigenvalue weighted by atomic mass is 35.5. The molecule has 1 heterocycles. The minimum absolute atomic E-state index is 0.150. The molecule has 6 nitrogen and oxygen atoms in total. The van der Waals surface area contributed by atoms with Gasteiger partial charge in [-0.25, -0.2) is 13.2 Å². The Bertz CT molecular complexity index is 1000. The topological polar surface area (TPSA) is 66.7 Å². The van der Waals surface area contributed by atoms with Gasteiger partial charge in [0.05, 0.1) is 27.3 Å². The van der Waals surface area contributed by atoms with E-state index in [1.54, 1.807) is 11.8 Å². The molecule has 1 saturated heterocycles. The van der Waals surface area contributed by atoms with Gasteiger partial charge >= 0.3 is 0 Å². The number of anilines is 1. The van der Waals surface area contributed by atoms with Crippen LogP contribution in [-0.2, 0) is 0 Å². The van der Waals surface area contributed by atoms with E-state index in [0.717, 1.165) is 18.2 Å². The summed E-state index contributed by atoms with van der Waals surface area (Å²) in [6.07, 6.45) is 0. The van der Waals surface area contributed by atoms with E-state index < -0.39 is 34.3 Å². The Balaban J connectivity index is 1.81. The Hall–Kier alpha value is -2.81. The third-order valence-electron chi connectivity index (χ3n) is 4.93. The summed E-state index contributed by atoms with van der Waals surface area (Å²) in [6.45, 7) is 3.95. The number of piperazine rings is 1. The molecule has 0 saturated carbocycles. The number of nitro groups is 1. The molecule has 3 rings (SSSR count). The second-order valence-corrected chi connectivity index (χ2v) is 7.29. The van der Waals surface area contributed by atoms with Crippen LogP contribution in [0.2, 0.25) is 5.02 Å². The highest BCUT2D eigenvalue weighted by Gasteiger charge is 2.31. The number of hydrogen-bond donors (Lipinski definition) is 0. The standard InChI is InChI=1S/C19H17ClF3N3O3/c1-10-5-18(16(23)8-17(10)26(28)29)24-3-4-25(11(2)9-24)19(27)12-6-14(21)15(22)7-13(12)20/h5-8,11H,3-4,9H2,1-2H3/t11-/m0/s1. The molecule has 10 heteroatoms. The van der Waals surface area contributed by atoms with Gasteiger partial charge in [-0.1, -0.05) is 11.6 Å². The molecule has 0 aliphatic carbocycles. The summed E-state index contributed by atoms with van der Waals surface area (Å²) in [5.41, 5.74) is 0.0772. The van der Waals surface area contributed by atoms with Crippen LogP contribution < -0.4 is 4.90 Å². The van der Waals surface area contributed by atoms with Crippen LogP contribution in [-0.4, -0.2) is 41.4 Å². The summed E-state index contributed by atoms with van der Waals surface area (Å²) in [4.78, 5) is 26.2. The van der Waals surface area contributed by atoms with Crippen molar-refractivity contribution in [3.05, 3.63) is 68.0 Å². The van der Waals surface area contributed by atoms with Crippen LogP contribution in [0.25, 0.3) is 0 Å². The van der Waals surface area contributed by atoms with Gasteiger partial charge in [-0.15, -0.1) is 0 Å². The lowest BCUT2D eigenvalue weighted by atomic mass is 10.1. The molecule has 1 amide bonds. The van der Waals surface area contributed by atoms with E-state index >= 15 is 0 Å². The maximum atomic E-state index is 14.4. The molecular formula is C19H17ClF3N3O3. The zero-order valence-corrected chi connectivity index (χ0v) is 16.3. The largest absolute Gasteiger partial charge is 0.365 e. The SMILES string of the molecule is Cc1cc(N2CCN(C(=O)c3cc(F)c(F)cc3Cl)[C@@H](C)C2)c(F)cc1[N+](=O)[O-]. The van der Waals surface area contributed by atoms with E-state index in [2.05, 4.69) is 0 Å². The van der Waals surface area contributed by atoms with Gasteiger partial charge < -0.3 is 9.80 Å². The second kappa shape index (κ2) is 7.90. The molecule has 0 N–H and O–H groups in total. The third kappa shape index (κ3) is 4.00. The molecule has 2 aromatic carbocycles. The Morgan fingerprint density at radius 1 is 1.14 bits per heavy atom. The third-order valence-corrected chi connectivity index (χ3v) is 5.24. The molecule has 0 spiro atoms. The average molecular weight is 428 g/mol. The van der Waals surface area contributed by atoms with E-state index in [1.165, 1.54) is 17.9 Å². The number of carbonyl (C=O) groups is 1. The summed E-state index contributed by atoms with van der Waals surface area (Å²) in [5.74, 6) is -3.60. The summed E-state index contributed by atoms with van der Waals surface area (Å²) >= 11 is 5.90. The minimum Gasteiger partial charge on any atom is -0.365 e.